The molecular formula is C56H36N4O. The first kappa shape index (κ1) is 33.8. The zero-order valence-electron chi connectivity index (χ0n) is 33.0. The second kappa shape index (κ2) is 12.9. The fraction of sp³-hybridized carbons (Fsp3) is 0.0179. The quantitative estimate of drug-likeness (QED) is 0.171. The van der Waals surface area contributed by atoms with Crippen LogP contribution < -0.4 is 4.90 Å². The number of nitrogens with zero attached hydrogens (tertiary/aromatic N) is 4. The smallest absolute Gasteiger partial charge is 0.261 e. The highest BCUT2D eigenvalue weighted by Gasteiger charge is 2.33. The van der Waals surface area contributed by atoms with Crippen molar-refractivity contribution < 1.29 is 4.79 Å². The maximum Gasteiger partial charge on any atom is 0.261 e. The molecule has 3 aromatic heterocycles. The van der Waals surface area contributed by atoms with Crippen LogP contribution in [0, 0.1) is 0 Å². The highest BCUT2D eigenvalue weighted by molar-refractivity contribution is 6.16. The Morgan fingerprint density at radius 3 is 1.26 bits per heavy atom. The van der Waals surface area contributed by atoms with E-state index in [9.17, 15) is 4.79 Å². The van der Waals surface area contributed by atoms with Crippen molar-refractivity contribution in [1.82, 2.24) is 13.7 Å². The van der Waals surface area contributed by atoms with E-state index in [0.717, 1.165) is 88.9 Å². The van der Waals surface area contributed by atoms with Crippen molar-refractivity contribution in [2.24, 2.45) is 0 Å². The number of anilines is 1. The van der Waals surface area contributed by atoms with E-state index in [1.54, 1.807) is 0 Å². The molecule has 1 amide bonds. The summed E-state index contributed by atoms with van der Waals surface area (Å²) in [4.78, 5) is 16.9. The first-order valence-electron chi connectivity index (χ1n) is 20.8. The van der Waals surface area contributed by atoms with Gasteiger partial charge in [-0.25, -0.2) is 0 Å². The molecule has 9 aromatic carbocycles. The number of carbonyl (C=O) groups excluding carboxylic acids is 1. The van der Waals surface area contributed by atoms with E-state index < -0.39 is 0 Å². The summed E-state index contributed by atoms with van der Waals surface area (Å²) in [5, 5.41) is 7.14. The summed E-state index contributed by atoms with van der Waals surface area (Å²) in [5.41, 5.74) is 14.6. The maximum atomic E-state index is 14.9. The van der Waals surface area contributed by atoms with Crippen LogP contribution in [0.3, 0.4) is 0 Å². The molecule has 1 aliphatic heterocycles. The van der Waals surface area contributed by atoms with Crippen molar-refractivity contribution in [3.05, 3.63) is 217 Å². The average Bonchev–Trinajstić information content (AvgIpc) is 4.05. The van der Waals surface area contributed by atoms with Gasteiger partial charge in [0.1, 0.15) is 0 Å². The molecule has 1 aliphatic rings. The van der Waals surface area contributed by atoms with Crippen molar-refractivity contribution in [2.75, 3.05) is 4.90 Å². The van der Waals surface area contributed by atoms with Gasteiger partial charge < -0.3 is 18.6 Å². The molecule has 0 N–H and O–H groups in total. The number of rotatable bonds is 5. The summed E-state index contributed by atoms with van der Waals surface area (Å²) in [7, 11) is 0. The van der Waals surface area contributed by atoms with Gasteiger partial charge in [-0.3, -0.25) is 4.79 Å². The Kier molecular flexibility index (Phi) is 7.16. The molecule has 0 radical (unpaired) electrons. The first-order valence-corrected chi connectivity index (χ1v) is 20.8. The highest BCUT2D eigenvalue weighted by atomic mass is 16.2. The third-order valence-electron chi connectivity index (χ3n) is 12.9. The van der Waals surface area contributed by atoms with E-state index in [0.29, 0.717) is 6.54 Å². The number of amides is 1. The van der Waals surface area contributed by atoms with E-state index in [1.165, 1.54) is 21.5 Å². The average molecular weight is 781 g/mol. The summed E-state index contributed by atoms with van der Waals surface area (Å²) in [6, 6.07) is 73.3. The Bertz CT molecular complexity index is 3480. The normalized spacial score (nSPS) is 12.9. The molecule has 0 fully saturated rings. The monoisotopic (exact) mass is 780 g/mol. The molecule has 61 heavy (non-hydrogen) atoms. The first-order chi connectivity index (χ1) is 30.2. The predicted molar refractivity (Wildman–Crippen MR) is 252 cm³/mol. The lowest BCUT2D eigenvalue weighted by atomic mass is 10.1. The summed E-state index contributed by atoms with van der Waals surface area (Å²) in [6.45, 7) is 0.503. The molecule has 0 bridgehead atoms. The van der Waals surface area contributed by atoms with Crippen molar-refractivity contribution in [3.63, 3.8) is 0 Å². The summed E-state index contributed by atoms with van der Waals surface area (Å²) >= 11 is 0. The lowest BCUT2D eigenvalue weighted by Crippen LogP contribution is -2.23. The second-order valence-corrected chi connectivity index (χ2v) is 16.1. The minimum Gasteiger partial charge on any atom is -0.309 e. The van der Waals surface area contributed by atoms with Gasteiger partial charge in [-0.15, -0.1) is 0 Å². The van der Waals surface area contributed by atoms with Gasteiger partial charge in [0.05, 0.1) is 50.9 Å². The molecule has 13 rings (SSSR count). The zero-order valence-corrected chi connectivity index (χ0v) is 33.0. The molecule has 0 saturated heterocycles. The lowest BCUT2D eigenvalue weighted by Gasteiger charge is -2.17. The molecule has 4 heterocycles. The second-order valence-electron chi connectivity index (χ2n) is 16.1. The fourth-order valence-electron chi connectivity index (χ4n) is 10.1. The van der Waals surface area contributed by atoms with Crippen LogP contribution in [0.5, 0.6) is 0 Å². The van der Waals surface area contributed by atoms with Gasteiger partial charge in [-0.2, -0.15) is 0 Å². The van der Waals surface area contributed by atoms with Crippen LogP contribution in [0.2, 0.25) is 0 Å². The summed E-state index contributed by atoms with van der Waals surface area (Å²) in [6.07, 6.45) is 0. The molecular weight excluding hydrogens is 745 g/mol. The van der Waals surface area contributed by atoms with Crippen LogP contribution in [-0.2, 0) is 6.54 Å². The van der Waals surface area contributed by atoms with Crippen LogP contribution in [0.25, 0.3) is 93.6 Å². The third-order valence-corrected chi connectivity index (χ3v) is 12.9. The third kappa shape index (κ3) is 4.92. The topological polar surface area (TPSA) is 35.1 Å². The van der Waals surface area contributed by atoms with E-state index in [-0.39, 0.29) is 5.91 Å². The van der Waals surface area contributed by atoms with E-state index >= 15 is 0 Å². The van der Waals surface area contributed by atoms with Gasteiger partial charge in [0.15, 0.2) is 0 Å². The Balaban J connectivity index is 1.05. The Morgan fingerprint density at radius 2 is 0.754 bits per heavy atom. The minimum atomic E-state index is 0.00478. The van der Waals surface area contributed by atoms with Crippen LogP contribution in [0.1, 0.15) is 15.9 Å². The SMILES string of the molecule is O=C1c2c(cccc2-n2c3cc(-n4c5ccccc5c5ccccc54)ccc3c3ccc(-n4c5ccccc5c5ccccc54)cc32)CN1c1ccc(-c2ccccc2)cc1. The Morgan fingerprint density at radius 1 is 0.328 bits per heavy atom. The van der Waals surface area contributed by atoms with Crippen LogP contribution in [0.15, 0.2) is 206 Å². The molecule has 0 unspecified atom stereocenters. The van der Waals surface area contributed by atoms with Gasteiger partial charge in [0.25, 0.3) is 5.91 Å². The van der Waals surface area contributed by atoms with Gasteiger partial charge in [0.2, 0.25) is 0 Å². The number of para-hydroxylation sites is 4. The van der Waals surface area contributed by atoms with Gasteiger partial charge in [-0.1, -0.05) is 140 Å². The summed E-state index contributed by atoms with van der Waals surface area (Å²) < 4.78 is 7.09. The van der Waals surface area contributed by atoms with Gasteiger partial charge in [-0.05, 0) is 83.4 Å². The van der Waals surface area contributed by atoms with Crippen molar-refractivity contribution in [3.8, 4) is 28.2 Å². The zero-order chi connectivity index (χ0) is 40.2. The van der Waals surface area contributed by atoms with Gasteiger partial charge >= 0.3 is 0 Å². The molecule has 5 nitrogen and oxygen atoms in total. The van der Waals surface area contributed by atoms with Crippen molar-refractivity contribution in [2.45, 2.75) is 6.54 Å². The molecule has 0 aliphatic carbocycles. The van der Waals surface area contributed by atoms with Crippen LogP contribution in [-0.4, -0.2) is 19.6 Å². The minimum absolute atomic E-state index is 0.00478. The lowest BCUT2D eigenvalue weighted by molar-refractivity contribution is 0.0996. The number of aromatic nitrogens is 3. The van der Waals surface area contributed by atoms with Crippen LogP contribution in [0.4, 0.5) is 5.69 Å². The molecule has 286 valence electrons. The number of fused-ring (bicyclic) bond motifs is 10. The Hall–Kier alpha value is -8.15. The fourth-order valence-corrected chi connectivity index (χ4v) is 10.1. The molecule has 0 saturated carbocycles. The molecule has 0 spiro atoms. The Labute approximate surface area is 351 Å². The van der Waals surface area contributed by atoms with E-state index in [2.05, 4.69) is 214 Å². The largest absolute Gasteiger partial charge is 0.309 e. The predicted octanol–water partition coefficient (Wildman–Crippen LogP) is 13.8. The van der Waals surface area contributed by atoms with Gasteiger partial charge in [0, 0.05) is 49.4 Å². The molecule has 0 atom stereocenters. The number of hydrogen-bond donors (Lipinski definition) is 0. The summed E-state index contributed by atoms with van der Waals surface area (Å²) in [5.74, 6) is 0.00478. The number of carbonyl (C=O) groups is 1. The van der Waals surface area contributed by atoms with E-state index in [1.807, 2.05) is 11.0 Å². The highest BCUT2D eigenvalue weighted by Crippen LogP contribution is 2.42. The van der Waals surface area contributed by atoms with Crippen LogP contribution >= 0.6 is 0 Å². The number of hydrogen-bond acceptors (Lipinski definition) is 1. The van der Waals surface area contributed by atoms with Crippen molar-refractivity contribution in [1.29, 1.82) is 0 Å². The standard InChI is InChI=1S/C56H36N4O/c61-56-55-38(35-57(56)39-27-25-37(26-28-39)36-13-2-1-3-14-36)15-12-24-52(55)60-53-33-40(58-48-20-8-4-16-42(48)43-17-5-9-21-49(43)58)29-31-46(53)47-32-30-41(34-54(47)60)59-50-22-10-6-18-44(50)45-19-7-11-23-51(45)59/h1-34H,35H2. The molecule has 12 aromatic rings. The van der Waals surface area contributed by atoms with E-state index in [4.69, 9.17) is 0 Å². The number of benzene rings is 9. The molecule has 5 heteroatoms. The maximum absolute atomic E-state index is 14.9. The van der Waals surface area contributed by atoms with Crippen molar-refractivity contribution >= 4 is 77.0 Å².